The van der Waals surface area contributed by atoms with Crippen LogP contribution in [0.3, 0.4) is 0 Å². The van der Waals surface area contributed by atoms with Crippen LogP contribution in [0.1, 0.15) is 24.3 Å². The zero-order chi connectivity index (χ0) is 13.8. The van der Waals surface area contributed by atoms with E-state index in [1.807, 2.05) is 12.1 Å². The lowest BCUT2D eigenvalue weighted by molar-refractivity contribution is 0.137. The van der Waals surface area contributed by atoms with Gasteiger partial charge in [-0.05, 0) is 53.0 Å². The van der Waals surface area contributed by atoms with E-state index in [4.69, 9.17) is 15.2 Å². The highest BCUT2D eigenvalue weighted by Gasteiger charge is 2.46. The zero-order valence-electron chi connectivity index (χ0n) is 10.8. The predicted octanol–water partition coefficient (Wildman–Crippen LogP) is 2.90. The minimum absolute atomic E-state index is 0.0321. The van der Waals surface area contributed by atoms with Gasteiger partial charge in [0.2, 0.25) is 0 Å². The third-order valence-corrected chi connectivity index (χ3v) is 4.48. The van der Waals surface area contributed by atoms with Crippen molar-refractivity contribution in [3.8, 4) is 0 Å². The summed E-state index contributed by atoms with van der Waals surface area (Å²) in [6.45, 7) is 0.704. The summed E-state index contributed by atoms with van der Waals surface area (Å²) >= 11 is 2.35. The van der Waals surface area contributed by atoms with E-state index in [-0.39, 0.29) is 6.10 Å². The maximum atomic E-state index is 10.8. The van der Waals surface area contributed by atoms with E-state index in [0.29, 0.717) is 18.4 Å². The zero-order valence-corrected chi connectivity index (χ0v) is 13.0. The maximum absolute atomic E-state index is 10.8. The van der Waals surface area contributed by atoms with Gasteiger partial charge < -0.3 is 15.2 Å². The smallest absolute Gasteiger partial charge is 0.404 e. The van der Waals surface area contributed by atoms with Crippen molar-refractivity contribution >= 4 is 28.7 Å². The van der Waals surface area contributed by atoms with Crippen LogP contribution >= 0.6 is 22.6 Å². The van der Waals surface area contributed by atoms with Gasteiger partial charge in [0.05, 0.1) is 0 Å². The molecule has 4 nitrogen and oxygen atoms in total. The molecule has 1 aromatic carbocycles. The molecule has 1 fully saturated rings. The number of hydrogen-bond donors (Lipinski definition) is 1. The second-order valence-electron chi connectivity index (χ2n) is 4.78. The number of carbonyl (C=O) groups excluding carboxylic acids is 1. The Hall–Kier alpha value is -0.820. The van der Waals surface area contributed by atoms with Crippen molar-refractivity contribution in [1.29, 1.82) is 0 Å². The van der Waals surface area contributed by atoms with Crippen LogP contribution in [-0.2, 0) is 9.47 Å². The lowest BCUT2D eigenvalue weighted by Crippen LogP contribution is -2.17. The van der Waals surface area contributed by atoms with Crippen LogP contribution in [0.4, 0.5) is 4.79 Å². The van der Waals surface area contributed by atoms with Gasteiger partial charge in [-0.3, -0.25) is 0 Å². The van der Waals surface area contributed by atoms with Gasteiger partial charge in [0.1, 0.15) is 6.10 Å². The van der Waals surface area contributed by atoms with E-state index in [0.717, 1.165) is 12.8 Å². The molecule has 0 aliphatic heterocycles. The van der Waals surface area contributed by atoms with Crippen LogP contribution in [0, 0.1) is 9.49 Å². The first-order valence-corrected chi connectivity index (χ1v) is 7.40. The number of carbonyl (C=O) groups is 1. The number of methoxy groups -OCH3 is 1. The van der Waals surface area contributed by atoms with Gasteiger partial charge in [-0.1, -0.05) is 18.2 Å². The molecule has 0 spiro atoms. The van der Waals surface area contributed by atoms with Gasteiger partial charge in [0.15, 0.2) is 0 Å². The molecule has 1 amide bonds. The molecule has 0 saturated heterocycles. The third-order valence-electron chi connectivity index (χ3n) is 3.50. The molecule has 104 valence electrons. The Morgan fingerprint density at radius 1 is 1.53 bits per heavy atom. The molecule has 2 rings (SSSR count). The number of hydrogen-bond acceptors (Lipinski definition) is 3. The molecule has 1 aliphatic rings. The summed E-state index contributed by atoms with van der Waals surface area (Å²) in [5.74, 6) is 0.718. The number of primary amides is 1. The van der Waals surface area contributed by atoms with Crippen molar-refractivity contribution in [3.05, 3.63) is 33.4 Å². The predicted molar refractivity (Wildman–Crippen MR) is 81.0 cm³/mol. The third kappa shape index (κ3) is 3.82. The summed E-state index contributed by atoms with van der Waals surface area (Å²) < 4.78 is 11.5. The van der Waals surface area contributed by atoms with Crippen LogP contribution in [0.5, 0.6) is 0 Å². The monoisotopic (exact) mass is 375 g/mol. The quantitative estimate of drug-likeness (QED) is 0.778. The number of halogens is 1. The molecular formula is C14H18INO3. The maximum Gasteiger partial charge on any atom is 0.404 e. The minimum atomic E-state index is -0.680. The van der Waals surface area contributed by atoms with Gasteiger partial charge in [0, 0.05) is 23.2 Å². The molecule has 1 saturated carbocycles. The molecule has 2 N–H and O–H groups in total. The van der Waals surface area contributed by atoms with Crippen molar-refractivity contribution in [2.24, 2.45) is 11.7 Å². The first kappa shape index (κ1) is 14.6. The molecule has 5 heteroatoms. The number of rotatable bonds is 6. The summed E-state index contributed by atoms with van der Waals surface area (Å²) in [4.78, 5) is 10.8. The molecule has 1 aliphatic carbocycles. The summed E-state index contributed by atoms with van der Waals surface area (Å²) in [7, 11) is 1.71. The van der Waals surface area contributed by atoms with Gasteiger partial charge in [-0.15, -0.1) is 0 Å². The Labute approximate surface area is 126 Å². The van der Waals surface area contributed by atoms with Crippen molar-refractivity contribution in [1.82, 2.24) is 0 Å². The molecule has 0 unspecified atom stereocenters. The van der Waals surface area contributed by atoms with E-state index in [9.17, 15) is 4.79 Å². The molecule has 0 heterocycles. The van der Waals surface area contributed by atoms with Crippen molar-refractivity contribution < 1.29 is 14.3 Å². The van der Waals surface area contributed by atoms with Gasteiger partial charge in [-0.25, -0.2) is 4.79 Å². The number of nitrogens with two attached hydrogens (primary N) is 1. The second kappa shape index (κ2) is 6.56. The Morgan fingerprint density at radius 2 is 2.26 bits per heavy atom. The lowest BCUT2D eigenvalue weighted by atomic mass is 9.91. The molecule has 3 atom stereocenters. The summed E-state index contributed by atoms with van der Waals surface area (Å²) in [6, 6.07) is 8.32. The topological polar surface area (TPSA) is 61.6 Å². The number of benzene rings is 1. The van der Waals surface area contributed by atoms with Gasteiger partial charge >= 0.3 is 6.09 Å². The van der Waals surface area contributed by atoms with Crippen molar-refractivity contribution in [2.75, 3.05) is 13.7 Å². The normalized spacial score (nSPS) is 22.8. The number of amides is 1. The fourth-order valence-electron chi connectivity index (χ4n) is 2.52. The first-order chi connectivity index (χ1) is 9.13. The fourth-order valence-corrected chi connectivity index (χ4v) is 3.31. The van der Waals surface area contributed by atoms with E-state index in [2.05, 4.69) is 34.7 Å². The van der Waals surface area contributed by atoms with Crippen molar-refractivity contribution in [2.45, 2.75) is 24.9 Å². The molecular weight excluding hydrogens is 357 g/mol. The first-order valence-electron chi connectivity index (χ1n) is 6.33. The highest BCUT2D eigenvalue weighted by atomic mass is 127. The summed E-state index contributed by atoms with van der Waals surface area (Å²) in [5.41, 5.74) is 6.38. The average Bonchev–Trinajstić information content (AvgIpc) is 3.10. The van der Waals surface area contributed by atoms with E-state index in [1.54, 1.807) is 7.11 Å². The molecule has 0 aromatic heterocycles. The van der Waals surface area contributed by atoms with Gasteiger partial charge in [-0.2, -0.15) is 0 Å². The Balaban J connectivity index is 2.09. The van der Waals surface area contributed by atoms with Crippen LogP contribution in [0.2, 0.25) is 0 Å². The average molecular weight is 375 g/mol. The highest BCUT2D eigenvalue weighted by Crippen LogP contribution is 2.47. The standard InChI is InChI=1S/C14H18INO3/c1-18-7-6-9(10-4-2-3-5-12(10)15)11-8-13(11)19-14(16)17/h2-5,9,11,13H,6-8H2,1H3,(H2,16,17)/t9-,11+,13+/m1/s1. The van der Waals surface area contributed by atoms with Crippen LogP contribution < -0.4 is 5.73 Å². The van der Waals surface area contributed by atoms with E-state index >= 15 is 0 Å². The van der Waals surface area contributed by atoms with Crippen LogP contribution in [0.25, 0.3) is 0 Å². The molecule has 1 aromatic rings. The lowest BCUT2D eigenvalue weighted by Gasteiger charge is -2.18. The SMILES string of the molecule is COCC[C@H](c1ccccc1I)[C@@H]1C[C@@H]1OC(N)=O. The van der Waals surface area contributed by atoms with E-state index in [1.165, 1.54) is 9.13 Å². The number of ether oxygens (including phenoxy) is 2. The fraction of sp³-hybridized carbons (Fsp3) is 0.500. The van der Waals surface area contributed by atoms with Crippen LogP contribution in [-0.4, -0.2) is 25.9 Å². The van der Waals surface area contributed by atoms with Crippen LogP contribution in [0.15, 0.2) is 24.3 Å². The molecule has 19 heavy (non-hydrogen) atoms. The summed E-state index contributed by atoms with van der Waals surface area (Å²) in [5, 5.41) is 0. The second-order valence-corrected chi connectivity index (χ2v) is 5.95. The Kier molecular flexibility index (Phi) is 5.04. The van der Waals surface area contributed by atoms with Gasteiger partial charge in [0.25, 0.3) is 0 Å². The molecule has 0 bridgehead atoms. The van der Waals surface area contributed by atoms with Crippen molar-refractivity contribution in [3.63, 3.8) is 0 Å². The minimum Gasteiger partial charge on any atom is -0.446 e. The Bertz CT molecular complexity index is 452. The Morgan fingerprint density at radius 3 is 2.89 bits per heavy atom. The molecule has 0 radical (unpaired) electrons. The largest absolute Gasteiger partial charge is 0.446 e. The van der Waals surface area contributed by atoms with E-state index < -0.39 is 6.09 Å². The highest BCUT2D eigenvalue weighted by molar-refractivity contribution is 14.1. The summed E-state index contributed by atoms with van der Waals surface area (Å²) in [6.07, 6.45) is 1.11.